The van der Waals surface area contributed by atoms with Gasteiger partial charge in [0.05, 0.1) is 24.6 Å². The zero-order chi connectivity index (χ0) is 10.8. The summed E-state index contributed by atoms with van der Waals surface area (Å²) >= 11 is 0. The number of hydrogen-bond acceptors (Lipinski definition) is 3. The van der Waals surface area contributed by atoms with Gasteiger partial charge in [0.25, 0.3) is 0 Å². The van der Waals surface area contributed by atoms with Crippen molar-refractivity contribution in [3.8, 4) is 0 Å². The topological polar surface area (TPSA) is 38.5 Å². The summed E-state index contributed by atoms with van der Waals surface area (Å²) in [6.07, 6.45) is 0. The van der Waals surface area contributed by atoms with Gasteiger partial charge < -0.3 is 15.4 Å². The number of ether oxygens (including phenoxy) is 1. The zero-order valence-corrected chi connectivity index (χ0v) is 9.42. The van der Waals surface area contributed by atoms with Crippen molar-refractivity contribution in [1.82, 2.24) is 0 Å². The van der Waals surface area contributed by atoms with Gasteiger partial charge in [-0.15, -0.1) is 0 Å². The van der Waals surface area contributed by atoms with Crippen molar-refractivity contribution in [2.75, 3.05) is 36.9 Å². The Hall–Kier alpha value is -1.22. The van der Waals surface area contributed by atoms with Gasteiger partial charge in [-0.2, -0.15) is 0 Å². The Kier molecular flexibility index (Phi) is 2.82. The summed E-state index contributed by atoms with van der Waals surface area (Å²) in [5.41, 5.74) is 10.6. The second kappa shape index (κ2) is 4.11. The third-order valence-electron chi connectivity index (χ3n) is 2.80. The standard InChI is InChI=1S/C12H18N2O/c1-9-7-10(2)12(11(13)8-9)14-3-5-15-6-4-14/h7-8H,3-6,13H2,1-2H3. The molecule has 0 bridgehead atoms. The lowest BCUT2D eigenvalue weighted by atomic mass is 10.1. The van der Waals surface area contributed by atoms with E-state index in [9.17, 15) is 0 Å². The lowest BCUT2D eigenvalue weighted by molar-refractivity contribution is 0.122. The first-order valence-corrected chi connectivity index (χ1v) is 5.38. The Labute approximate surface area is 90.8 Å². The highest BCUT2D eigenvalue weighted by atomic mass is 16.5. The number of anilines is 2. The molecular weight excluding hydrogens is 188 g/mol. The molecule has 0 saturated carbocycles. The van der Waals surface area contributed by atoms with E-state index in [1.54, 1.807) is 0 Å². The number of nitrogen functional groups attached to an aromatic ring is 1. The van der Waals surface area contributed by atoms with Crippen LogP contribution in [0.2, 0.25) is 0 Å². The van der Waals surface area contributed by atoms with Crippen molar-refractivity contribution >= 4 is 11.4 Å². The molecule has 1 aromatic carbocycles. The molecule has 1 fully saturated rings. The van der Waals surface area contributed by atoms with Crippen LogP contribution in [0, 0.1) is 13.8 Å². The summed E-state index contributed by atoms with van der Waals surface area (Å²) in [7, 11) is 0. The Morgan fingerprint density at radius 3 is 2.47 bits per heavy atom. The summed E-state index contributed by atoms with van der Waals surface area (Å²) in [6.45, 7) is 7.67. The Balaban J connectivity index is 2.33. The van der Waals surface area contributed by atoms with E-state index in [2.05, 4.69) is 24.8 Å². The number of aryl methyl sites for hydroxylation is 2. The monoisotopic (exact) mass is 206 g/mol. The first-order chi connectivity index (χ1) is 7.18. The van der Waals surface area contributed by atoms with Crippen LogP contribution in [0.4, 0.5) is 11.4 Å². The Bertz CT molecular complexity index is 334. The van der Waals surface area contributed by atoms with Crippen LogP contribution < -0.4 is 10.6 Å². The maximum absolute atomic E-state index is 6.07. The molecule has 3 nitrogen and oxygen atoms in total. The van der Waals surface area contributed by atoms with Crippen molar-refractivity contribution in [2.45, 2.75) is 13.8 Å². The quantitative estimate of drug-likeness (QED) is 0.711. The maximum atomic E-state index is 6.07. The Morgan fingerprint density at radius 1 is 1.20 bits per heavy atom. The number of nitrogens with zero attached hydrogens (tertiary/aromatic N) is 1. The van der Waals surface area contributed by atoms with Crippen LogP contribution in [-0.2, 0) is 4.74 Å². The fourth-order valence-corrected chi connectivity index (χ4v) is 2.21. The van der Waals surface area contributed by atoms with Gasteiger partial charge in [0.1, 0.15) is 0 Å². The van der Waals surface area contributed by atoms with E-state index in [-0.39, 0.29) is 0 Å². The van der Waals surface area contributed by atoms with Gasteiger partial charge in [0.2, 0.25) is 0 Å². The molecule has 0 unspecified atom stereocenters. The summed E-state index contributed by atoms with van der Waals surface area (Å²) < 4.78 is 5.34. The second-order valence-corrected chi connectivity index (χ2v) is 4.12. The predicted octanol–water partition coefficient (Wildman–Crippen LogP) is 1.72. The van der Waals surface area contributed by atoms with E-state index >= 15 is 0 Å². The molecule has 0 aliphatic carbocycles. The van der Waals surface area contributed by atoms with Crippen LogP contribution in [0.15, 0.2) is 12.1 Å². The fraction of sp³-hybridized carbons (Fsp3) is 0.500. The zero-order valence-electron chi connectivity index (χ0n) is 9.42. The van der Waals surface area contributed by atoms with E-state index in [1.165, 1.54) is 16.8 Å². The molecule has 1 saturated heterocycles. The normalized spacial score (nSPS) is 16.8. The highest BCUT2D eigenvalue weighted by Gasteiger charge is 2.15. The van der Waals surface area contributed by atoms with Gasteiger partial charge in [-0.25, -0.2) is 0 Å². The van der Waals surface area contributed by atoms with Gasteiger partial charge in [-0.3, -0.25) is 0 Å². The smallest absolute Gasteiger partial charge is 0.0642 e. The van der Waals surface area contributed by atoms with Crippen LogP contribution in [0.1, 0.15) is 11.1 Å². The van der Waals surface area contributed by atoms with E-state index in [1.807, 2.05) is 6.07 Å². The molecule has 2 rings (SSSR count). The van der Waals surface area contributed by atoms with Gasteiger partial charge in [-0.1, -0.05) is 6.07 Å². The number of morpholine rings is 1. The Morgan fingerprint density at radius 2 is 1.87 bits per heavy atom. The van der Waals surface area contributed by atoms with E-state index in [0.29, 0.717) is 0 Å². The molecule has 1 heterocycles. The molecule has 0 spiro atoms. The van der Waals surface area contributed by atoms with Crippen LogP contribution in [0.5, 0.6) is 0 Å². The van der Waals surface area contributed by atoms with Crippen LogP contribution >= 0.6 is 0 Å². The van der Waals surface area contributed by atoms with E-state index in [4.69, 9.17) is 10.5 Å². The third-order valence-corrected chi connectivity index (χ3v) is 2.80. The lowest BCUT2D eigenvalue weighted by Crippen LogP contribution is -2.37. The van der Waals surface area contributed by atoms with Gasteiger partial charge in [0.15, 0.2) is 0 Å². The van der Waals surface area contributed by atoms with Gasteiger partial charge in [-0.05, 0) is 31.0 Å². The van der Waals surface area contributed by atoms with E-state index < -0.39 is 0 Å². The molecule has 0 aromatic heterocycles. The van der Waals surface area contributed by atoms with Gasteiger partial charge in [0, 0.05) is 13.1 Å². The van der Waals surface area contributed by atoms with Gasteiger partial charge >= 0.3 is 0 Å². The minimum absolute atomic E-state index is 0.798. The minimum Gasteiger partial charge on any atom is -0.397 e. The molecule has 0 radical (unpaired) electrons. The lowest BCUT2D eigenvalue weighted by Gasteiger charge is -2.31. The van der Waals surface area contributed by atoms with Crippen LogP contribution in [0.25, 0.3) is 0 Å². The van der Waals surface area contributed by atoms with Crippen molar-refractivity contribution < 1.29 is 4.74 Å². The largest absolute Gasteiger partial charge is 0.397 e. The molecule has 1 aromatic rings. The molecule has 1 aliphatic rings. The van der Waals surface area contributed by atoms with E-state index in [0.717, 1.165) is 32.0 Å². The van der Waals surface area contributed by atoms with Crippen molar-refractivity contribution in [3.05, 3.63) is 23.3 Å². The molecule has 0 amide bonds. The SMILES string of the molecule is Cc1cc(C)c(N2CCOCC2)c(N)c1. The third kappa shape index (κ3) is 2.07. The highest BCUT2D eigenvalue weighted by molar-refractivity contribution is 5.72. The first-order valence-electron chi connectivity index (χ1n) is 5.38. The number of nitrogens with two attached hydrogens (primary N) is 1. The van der Waals surface area contributed by atoms with Crippen LogP contribution in [-0.4, -0.2) is 26.3 Å². The average Bonchev–Trinajstić information content (AvgIpc) is 2.17. The molecular formula is C12H18N2O. The summed E-state index contributed by atoms with van der Waals surface area (Å²) in [6, 6.07) is 4.22. The van der Waals surface area contributed by atoms with Crippen molar-refractivity contribution in [3.63, 3.8) is 0 Å². The first kappa shape index (κ1) is 10.3. The second-order valence-electron chi connectivity index (χ2n) is 4.12. The van der Waals surface area contributed by atoms with Crippen molar-refractivity contribution in [2.24, 2.45) is 0 Å². The number of benzene rings is 1. The maximum Gasteiger partial charge on any atom is 0.0642 e. The summed E-state index contributed by atoms with van der Waals surface area (Å²) in [5.74, 6) is 0. The fourth-order valence-electron chi connectivity index (χ4n) is 2.21. The number of rotatable bonds is 1. The summed E-state index contributed by atoms with van der Waals surface area (Å²) in [4.78, 5) is 2.31. The molecule has 15 heavy (non-hydrogen) atoms. The number of hydrogen-bond donors (Lipinski definition) is 1. The average molecular weight is 206 g/mol. The minimum atomic E-state index is 0.798. The summed E-state index contributed by atoms with van der Waals surface area (Å²) in [5, 5.41) is 0. The molecule has 3 heteroatoms. The predicted molar refractivity (Wildman–Crippen MR) is 63.4 cm³/mol. The van der Waals surface area contributed by atoms with Crippen LogP contribution in [0.3, 0.4) is 0 Å². The highest BCUT2D eigenvalue weighted by Crippen LogP contribution is 2.29. The molecule has 1 aliphatic heterocycles. The molecule has 82 valence electrons. The molecule has 2 N–H and O–H groups in total. The molecule has 0 atom stereocenters. The van der Waals surface area contributed by atoms with Crippen molar-refractivity contribution in [1.29, 1.82) is 0 Å².